The van der Waals surface area contributed by atoms with E-state index in [-0.39, 0.29) is 6.04 Å². The molecule has 2 N–H and O–H groups in total. The standard InChI is InChI=1S/C17H18N4O3S/c1-11(12-3-5-13(6-4-12)21-25(22)23)20-17-15-9-14(24-2)7-8-16(15)18-10-19-17/h3-11,25H,1-2H3,(H,18,19,20)(H,21,22,23). The molecular weight excluding hydrogens is 340 g/mol. The van der Waals surface area contributed by atoms with E-state index in [2.05, 4.69) is 20.0 Å². The Morgan fingerprint density at radius 3 is 2.52 bits per heavy atom. The van der Waals surface area contributed by atoms with Crippen LogP contribution >= 0.6 is 0 Å². The lowest BCUT2D eigenvalue weighted by atomic mass is 10.1. The SMILES string of the molecule is COc1ccc2ncnc(NC(C)c3ccc(N[SH](=O)=O)cc3)c2c1. The third kappa shape index (κ3) is 3.97. The van der Waals surface area contributed by atoms with Crippen LogP contribution in [0.25, 0.3) is 10.9 Å². The van der Waals surface area contributed by atoms with Crippen molar-refractivity contribution in [1.29, 1.82) is 0 Å². The summed E-state index contributed by atoms with van der Waals surface area (Å²) in [5, 5.41) is 4.24. The van der Waals surface area contributed by atoms with Crippen LogP contribution in [-0.2, 0) is 10.9 Å². The fraction of sp³-hybridized carbons (Fsp3) is 0.176. The van der Waals surface area contributed by atoms with Gasteiger partial charge in [-0.3, -0.25) is 4.72 Å². The fourth-order valence-corrected chi connectivity index (χ4v) is 2.88. The van der Waals surface area contributed by atoms with Gasteiger partial charge >= 0.3 is 0 Å². The molecule has 7 nitrogen and oxygen atoms in total. The lowest BCUT2D eigenvalue weighted by Crippen LogP contribution is -2.09. The van der Waals surface area contributed by atoms with Crippen LogP contribution < -0.4 is 14.8 Å². The molecule has 130 valence electrons. The Morgan fingerprint density at radius 1 is 1.08 bits per heavy atom. The zero-order valence-corrected chi connectivity index (χ0v) is 14.7. The van der Waals surface area contributed by atoms with Crippen LogP contribution in [0.4, 0.5) is 11.5 Å². The summed E-state index contributed by atoms with van der Waals surface area (Å²) in [6.45, 7) is 2.00. The molecule has 1 heterocycles. The summed E-state index contributed by atoms with van der Waals surface area (Å²) < 4.78 is 29.0. The number of aromatic nitrogens is 2. The van der Waals surface area contributed by atoms with E-state index in [0.29, 0.717) is 11.5 Å². The molecule has 0 spiro atoms. The number of thiol groups is 1. The van der Waals surface area contributed by atoms with E-state index >= 15 is 0 Å². The molecule has 1 unspecified atom stereocenters. The van der Waals surface area contributed by atoms with E-state index in [1.165, 1.54) is 6.33 Å². The van der Waals surface area contributed by atoms with E-state index < -0.39 is 10.9 Å². The Morgan fingerprint density at radius 2 is 1.84 bits per heavy atom. The zero-order chi connectivity index (χ0) is 17.8. The normalized spacial score (nSPS) is 12.1. The molecule has 25 heavy (non-hydrogen) atoms. The number of hydrogen-bond donors (Lipinski definition) is 3. The molecule has 0 aliphatic carbocycles. The first-order chi connectivity index (χ1) is 12.1. The van der Waals surface area contributed by atoms with Gasteiger partial charge in [-0.15, -0.1) is 0 Å². The number of benzene rings is 2. The molecule has 0 aliphatic rings. The highest BCUT2D eigenvalue weighted by atomic mass is 32.2. The van der Waals surface area contributed by atoms with E-state index in [1.807, 2.05) is 37.3 Å². The molecule has 0 fully saturated rings. The largest absolute Gasteiger partial charge is 0.497 e. The van der Waals surface area contributed by atoms with Crippen molar-refractivity contribution < 1.29 is 13.2 Å². The number of hydrogen-bond acceptors (Lipinski definition) is 6. The first-order valence-corrected chi connectivity index (χ1v) is 8.81. The van der Waals surface area contributed by atoms with Gasteiger partial charge in [-0.2, -0.15) is 0 Å². The second kappa shape index (κ2) is 7.35. The van der Waals surface area contributed by atoms with Gasteiger partial charge in [-0.1, -0.05) is 12.1 Å². The van der Waals surface area contributed by atoms with Gasteiger partial charge < -0.3 is 10.1 Å². The Hall–Kier alpha value is -2.87. The maximum absolute atomic E-state index is 10.7. The summed E-state index contributed by atoms with van der Waals surface area (Å²) >= 11 is 0. The highest BCUT2D eigenvalue weighted by Crippen LogP contribution is 2.27. The molecule has 0 bridgehead atoms. The van der Waals surface area contributed by atoms with Gasteiger partial charge in [-0.05, 0) is 42.8 Å². The first-order valence-electron chi connectivity index (χ1n) is 7.63. The molecular formula is C17H18N4O3S. The molecule has 0 saturated heterocycles. The Bertz CT molecular complexity index is 950. The number of nitrogens with zero attached hydrogens (tertiary/aromatic N) is 2. The topological polar surface area (TPSA) is 93.2 Å². The average molecular weight is 358 g/mol. The quantitative estimate of drug-likeness (QED) is 0.587. The molecule has 0 radical (unpaired) electrons. The van der Waals surface area contributed by atoms with Crippen LogP contribution in [0.1, 0.15) is 18.5 Å². The van der Waals surface area contributed by atoms with E-state index in [1.54, 1.807) is 19.2 Å². The average Bonchev–Trinajstić information content (AvgIpc) is 2.61. The van der Waals surface area contributed by atoms with Crippen molar-refractivity contribution in [2.75, 3.05) is 17.1 Å². The molecule has 0 amide bonds. The third-order valence-corrected chi connectivity index (χ3v) is 4.27. The van der Waals surface area contributed by atoms with Crippen LogP contribution in [0.5, 0.6) is 5.75 Å². The third-order valence-electron chi connectivity index (χ3n) is 3.83. The maximum atomic E-state index is 10.7. The minimum Gasteiger partial charge on any atom is -0.497 e. The van der Waals surface area contributed by atoms with Crippen molar-refractivity contribution in [3.63, 3.8) is 0 Å². The number of nitrogens with one attached hydrogen (secondary N) is 2. The highest BCUT2D eigenvalue weighted by Gasteiger charge is 2.10. The van der Waals surface area contributed by atoms with Gasteiger partial charge in [0.05, 0.1) is 12.6 Å². The number of rotatable bonds is 6. The van der Waals surface area contributed by atoms with Crippen LogP contribution in [0.3, 0.4) is 0 Å². The summed E-state index contributed by atoms with van der Waals surface area (Å²) in [5.74, 6) is 1.45. The van der Waals surface area contributed by atoms with Crippen LogP contribution in [0.15, 0.2) is 48.8 Å². The Kier molecular flexibility index (Phi) is 4.99. The lowest BCUT2D eigenvalue weighted by Gasteiger charge is -2.17. The van der Waals surface area contributed by atoms with Gasteiger partial charge in [0.1, 0.15) is 17.9 Å². The van der Waals surface area contributed by atoms with Crippen LogP contribution in [0, 0.1) is 0 Å². The Labute approximate surface area is 147 Å². The number of fused-ring (bicyclic) bond motifs is 1. The first kappa shape index (κ1) is 17.0. The Balaban J connectivity index is 1.85. The van der Waals surface area contributed by atoms with Crippen molar-refractivity contribution in [3.05, 3.63) is 54.4 Å². The second-order valence-corrected chi connectivity index (χ2v) is 6.20. The minimum absolute atomic E-state index is 0.0284. The predicted molar refractivity (Wildman–Crippen MR) is 98.5 cm³/mol. The maximum Gasteiger partial charge on any atom is 0.222 e. The van der Waals surface area contributed by atoms with Crippen molar-refractivity contribution in [1.82, 2.24) is 9.97 Å². The molecule has 0 saturated carbocycles. The van der Waals surface area contributed by atoms with Crippen molar-refractivity contribution >= 4 is 33.3 Å². The number of ether oxygens (including phenoxy) is 1. The van der Waals surface area contributed by atoms with Gasteiger partial charge in [0, 0.05) is 17.1 Å². The van der Waals surface area contributed by atoms with E-state index in [9.17, 15) is 8.42 Å². The van der Waals surface area contributed by atoms with E-state index in [0.717, 1.165) is 22.2 Å². The summed E-state index contributed by atoms with van der Waals surface area (Å²) in [5.41, 5.74) is 2.36. The second-order valence-electron chi connectivity index (χ2n) is 5.46. The monoisotopic (exact) mass is 358 g/mol. The summed E-state index contributed by atoms with van der Waals surface area (Å²) in [6.07, 6.45) is 1.52. The summed E-state index contributed by atoms with van der Waals surface area (Å²) in [7, 11) is -1.04. The predicted octanol–water partition coefficient (Wildman–Crippen LogP) is 2.75. The number of anilines is 2. The molecule has 2 aromatic carbocycles. The summed E-state index contributed by atoms with van der Waals surface area (Å²) in [6, 6.07) is 12.8. The molecule has 1 aromatic heterocycles. The lowest BCUT2D eigenvalue weighted by molar-refractivity contribution is 0.415. The minimum atomic E-state index is -2.66. The van der Waals surface area contributed by atoms with Crippen LogP contribution in [0.2, 0.25) is 0 Å². The van der Waals surface area contributed by atoms with Crippen molar-refractivity contribution in [2.24, 2.45) is 0 Å². The highest BCUT2D eigenvalue weighted by molar-refractivity contribution is 7.73. The zero-order valence-electron chi connectivity index (χ0n) is 13.8. The molecule has 0 aliphatic heterocycles. The van der Waals surface area contributed by atoms with Gasteiger partial charge in [-0.25, -0.2) is 18.4 Å². The summed E-state index contributed by atoms with van der Waals surface area (Å²) in [4.78, 5) is 8.60. The van der Waals surface area contributed by atoms with E-state index in [4.69, 9.17) is 4.74 Å². The number of methoxy groups -OCH3 is 1. The smallest absolute Gasteiger partial charge is 0.222 e. The molecule has 3 rings (SSSR count). The van der Waals surface area contributed by atoms with Crippen molar-refractivity contribution in [3.8, 4) is 5.75 Å². The van der Waals surface area contributed by atoms with Gasteiger partial charge in [0.25, 0.3) is 0 Å². The van der Waals surface area contributed by atoms with Crippen LogP contribution in [-0.4, -0.2) is 25.5 Å². The molecule has 1 atom stereocenters. The van der Waals surface area contributed by atoms with Crippen molar-refractivity contribution in [2.45, 2.75) is 13.0 Å². The molecule has 3 aromatic rings. The fourth-order valence-electron chi connectivity index (χ4n) is 2.52. The molecule has 8 heteroatoms. The van der Waals surface area contributed by atoms with Gasteiger partial charge in [0.15, 0.2) is 0 Å². The van der Waals surface area contributed by atoms with Gasteiger partial charge in [0.2, 0.25) is 10.9 Å².